The molecule has 1 amide bonds. The van der Waals surface area contributed by atoms with Gasteiger partial charge in [0.15, 0.2) is 0 Å². The van der Waals surface area contributed by atoms with E-state index in [2.05, 4.69) is 15.6 Å². The fourth-order valence-corrected chi connectivity index (χ4v) is 2.44. The zero-order valence-electron chi connectivity index (χ0n) is 12.1. The van der Waals surface area contributed by atoms with Crippen LogP contribution in [0.5, 0.6) is 0 Å². The second-order valence-electron chi connectivity index (χ2n) is 4.84. The number of halogens is 2. The summed E-state index contributed by atoms with van der Waals surface area (Å²) in [5, 5.41) is 6.96. The molecule has 0 fully saturated rings. The van der Waals surface area contributed by atoms with Crippen LogP contribution in [-0.4, -0.2) is 17.4 Å². The molecule has 2 aromatic rings. The van der Waals surface area contributed by atoms with E-state index in [0.717, 1.165) is 11.3 Å². The highest BCUT2D eigenvalue weighted by Gasteiger charge is 2.12. The first-order chi connectivity index (χ1) is 10.6. The zero-order chi connectivity index (χ0) is 15.9. The predicted molar refractivity (Wildman–Crippen MR) is 89.0 cm³/mol. The van der Waals surface area contributed by atoms with Crippen molar-refractivity contribution in [1.82, 2.24) is 15.6 Å². The van der Waals surface area contributed by atoms with Crippen molar-refractivity contribution in [2.75, 3.05) is 6.54 Å². The van der Waals surface area contributed by atoms with Crippen molar-refractivity contribution in [3.8, 4) is 0 Å². The number of pyridine rings is 1. The number of rotatable bonds is 6. The van der Waals surface area contributed by atoms with E-state index in [9.17, 15) is 4.79 Å². The molecule has 1 atom stereocenters. The molecule has 0 spiro atoms. The lowest BCUT2D eigenvalue weighted by Gasteiger charge is -2.16. The average Bonchev–Trinajstić information content (AvgIpc) is 2.54. The maximum atomic E-state index is 11.8. The lowest BCUT2D eigenvalue weighted by Crippen LogP contribution is -2.34. The molecule has 116 valence electrons. The smallest absolute Gasteiger partial charge is 0.234 e. The van der Waals surface area contributed by atoms with Crippen LogP contribution in [0.1, 0.15) is 24.2 Å². The van der Waals surface area contributed by atoms with Crippen LogP contribution < -0.4 is 10.6 Å². The zero-order valence-corrected chi connectivity index (χ0v) is 13.7. The SMILES string of the molecule is C[C@@H](NCC(=O)NCc1ccccn1)c1cccc(Cl)c1Cl. The number of aromatic nitrogens is 1. The van der Waals surface area contributed by atoms with E-state index < -0.39 is 0 Å². The van der Waals surface area contributed by atoms with Gasteiger partial charge in [-0.05, 0) is 30.7 Å². The first kappa shape index (κ1) is 16.7. The average molecular weight is 338 g/mol. The van der Waals surface area contributed by atoms with Crippen LogP contribution in [0.2, 0.25) is 10.0 Å². The molecule has 0 aliphatic heterocycles. The third-order valence-electron chi connectivity index (χ3n) is 3.21. The predicted octanol–water partition coefficient (Wildman–Crippen LogP) is 3.36. The second kappa shape index (κ2) is 8.13. The maximum Gasteiger partial charge on any atom is 0.234 e. The molecular weight excluding hydrogens is 321 g/mol. The van der Waals surface area contributed by atoms with E-state index in [1.807, 2.05) is 37.3 Å². The number of nitrogens with one attached hydrogen (secondary N) is 2. The van der Waals surface area contributed by atoms with Crippen molar-refractivity contribution >= 4 is 29.1 Å². The van der Waals surface area contributed by atoms with Gasteiger partial charge in [0.1, 0.15) is 0 Å². The van der Waals surface area contributed by atoms with Gasteiger partial charge in [0.25, 0.3) is 0 Å². The molecule has 1 aromatic heterocycles. The lowest BCUT2D eigenvalue weighted by atomic mass is 10.1. The van der Waals surface area contributed by atoms with Crippen molar-refractivity contribution < 1.29 is 4.79 Å². The van der Waals surface area contributed by atoms with Crippen LogP contribution in [0.3, 0.4) is 0 Å². The Hall–Kier alpha value is -1.62. The maximum absolute atomic E-state index is 11.8. The van der Waals surface area contributed by atoms with Gasteiger partial charge in [-0.25, -0.2) is 0 Å². The van der Waals surface area contributed by atoms with Crippen LogP contribution in [0.4, 0.5) is 0 Å². The summed E-state index contributed by atoms with van der Waals surface area (Å²) in [6, 6.07) is 11.0. The van der Waals surface area contributed by atoms with Crippen LogP contribution in [-0.2, 0) is 11.3 Å². The van der Waals surface area contributed by atoms with E-state index in [1.165, 1.54) is 0 Å². The van der Waals surface area contributed by atoms with Gasteiger partial charge in [0, 0.05) is 12.2 Å². The van der Waals surface area contributed by atoms with Gasteiger partial charge in [-0.2, -0.15) is 0 Å². The highest BCUT2D eigenvalue weighted by molar-refractivity contribution is 6.42. The molecule has 0 aliphatic carbocycles. The van der Waals surface area contributed by atoms with Gasteiger partial charge in [-0.3, -0.25) is 9.78 Å². The fraction of sp³-hybridized carbons (Fsp3) is 0.250. The Kier molecular flexibility index (Phi) is 6.19. The largest absolute Gasteiger partial charge is 0.349 e. The summed E-state index contributed by atoms with van der Waals surface area (Å²) in [5.74, 6) is -0.101. The van der Waals surface area contributed by atoms with Crippen molar-refractivity contribution in [3.05, 3.63) is 63.9 Å². The van der Waals surface area contributed by atoms with E-state index in [0.29, 0.717) is 16.6 Å². The number of amides is 1. The number of hydrogen-bond donors (Lipinski definition) is 2. The van der Waals surface area contributed by atoms with Gasteiger partial charge >= 0.3 is 0 Å². The Morgan fingerprint density at radius 1 is 1.23 bits per heavy atom. The van der Waals surface area contributed by atoms with E-state index >= 15 is 0 Å². The molecule has 0 radical (unpaired) electrons. The standard InChI is InChI=1S/C16H17Cl2N3O/c1-11(13-6-4-7-14(17)16(13)18)20-10-15(22)21-9-12-5-2-3-8-19-12/h2-8,11,20H,9-10H2,1H3,(H,21,22)/t11-/m1/s1. The Balaban J connectivity index is 1.82. The van der Waals surface area contributed by atoms with Crippen molar-refractivity contribution in [1.29, 1.82) is 0 Å². The second-order valence-corrected chi connectivity index (χ2v) is 5.63. The van der Waals surface area contributed by atoms with E-state index in [1.54, 1.807) is 12.3 Å². The first-order valence-electron chi connectivity index (χ1n) is 6.92. The molecule has 22 heavy (non-hydrogen) atoms. The molecule has 0 saturated heterocycles. The van der Waals surface area contributed by atoms with Gasteiger partial charge < -0.3 is 10.6 Å². The fourth-order valence-electron chi connectivity index (χ4n) is 1.96. The molecular formula is C16H17Cl2N3O. The van der Waals surface area contributed by atoms with Crippen LogP contribution in [0, 0.1) is 0 Å². The van der Waals surface area contributed by atoms with E-state index in [-0.39, 0.29) is 18.5 Å². The first-order valence-corrected chi connectivity index (χ1v) is 7.67. The number of benzene rings is 1. The minimum atomic E-state index is -0.101. The summed E-state index contributed by atoms with van der Waals surface area (Å²) < 4.78 is 0. The van der Waals surface area contributed by atoms with Crippen molar-refractivity contribution in [3.63, 3.8) is 0 Å². The monoisotopic (exact) mass is 337 g/mol. The third kappa shape index (κ3) is 4.70. The highest BCUT2D eigenvalue weighted by Crippen LogP contribution is 2.29. The Bertz CT molecular complexity index is 635. The molecule has 4 nitrogen and oxygen atoms in total. The third-order valence-corrected chi connectivity index (χ3v) is 4.04. The van der Waals surface area contributed by atoms with Crippen molar-refractivity contribution in [2.24, 2.45) is 0 Å². The molecule has 1 heterocycles. The quantitative estimate of drug-likeness (QED) is 0.849. The summed E-state index contributed by atoms with van der Waals surface area (Å²) in [4.78, 5) is 16.0. The summed E-state index contributed by atoms with van der Waals surface area (Å²) >= 11 is 12.2. The molecule has 0 saturated carbocycles. The minimum absolute atomic E-state index is 0.0770. The summed E-state index contributed by atoms with van der Waals surface area (Å²) in [5.41, 5.74) is 1.69. The number of carbonyl (C=O) groups excluding carboxylic acids is 1. The summed E-state index contributed by atoms with van der Waals surface area (Å²) in [6.45, 7) is 2.54. The van der Waals surface area contributed by atoms with Crippen molar-refractivity contribution in [2.45, 2.75) is 19.5 Å². The molecule has 2 rings (SSSR count). The molecule has 0 bridgehead atoms. The summed E-state index contributed by atoms with van der Waals surface area (Å²) in [7, 11) is 0. The van der Waals surface area contributed by atoms with E-state index in [4.69, 9.17) is 23.2 Å². The highest BCUT2D eigenvalue weighted by atomic mass is 35.5. The molecule has 0 unspecified atom stereocenters. The normalized spacial score (nSPS) is 12.0. The van der Waals surface area contributed by atoms with Crippen LogP contribution >= 0.6 is 23.2 Å². The molecule has 2 N–H and O–H groups in total. The minimum Gasteiger partial charge on any atom is -0.349 e. The number of hydrogen-bond acceptors (Lipinski definition) is 3. The van der Waals surface area contributed by atoms with Gasteiger partial charge in [-0.1, -0.05) is 41.4 Å². The topological polar surface area (TPSA) is 54.0 Å². The van der Waals surface area contributed by atoms with Gasteiger partial charge in [-0.15, -0.1) is 0 Å². The molecule has 6 heteroatoms. The van der Waals surface area contributed by atoms with Gasteiger partial charge in [0.05, 0.1) is 28.8 Å². The van der Waals surface area contributed by atoms with Crippen LogP contribution in [0.15, 0.2) is 42.6 Å². The van der Waals surface area contributed by atoms with Crippen LogP contribution in [0.25, 0.3) is 0 Å². The Labute approximate surface area is 139 Å². The number of carbonyl (C=O) groups is 1. The van der Waals surface area contributed by atoms with Gasteiger partial charge in [0.2, 0.25) is 5.91 Å². The lowest BCUT2D eigenvalue weighted by molar-refractivity contribution is -0.120. The summed E-state index contributed by atoms with van der Waals surface area (Å²) in [6.07, 6.45) is 1.70. The Morgan fingerprint density at radius 2 is 2.05 bits per heavy atom. The molecule has 0 aliphatic rings. The Morgan fingerprint density at radius 3 is 2.77 bits per heavy atom. The number of nitrogens with zero attached hydrogens (tertiary/aromatic N) is 1. The molecule has 1 aromatic carbocycles.